The summed E-state index contributed by atoms with van der Waals surface area (Å²) in [6.07, 6.45) is 3.05. The van der Waals surface area contributed by atoms with E-state index in [4.69, 9.17) is 5.11 Å². The summed E-state index contributed by atoms with van der Waals surface area (Å²) in [6, 6.07) is 32.1. The first-order chi connectivity index (χ1) is 19.4. The van der Waals surface area contributed by atoms with E-state index in [-0.39, 0.29) is 31.6 Å². The number of hydrogen-bond donors (Lipinski definition) is 1. The number of fused-ring (bicyclic) bond motifs is 10. The van der Waals surface area contributed by atoms with Crippen LogP contribution in [0.15, 0.2) is 96.9 Å². The third-order valence-corrected chi connectivity index (χ3v) is 8.46. The maximum Gasteiger partial charge on any atom is 0.155 e. The topological polar surface area (TPSA) is 54.6 Å². The van der Waals surface area contributed by atoms with Gasteiger partial charge in [-0.1, -0.05) is 53.4 Å². The number of rotatable bonds is 2. The first-order valence-electron chi connectivity index (χ1n) is 13.2. The van der Waals surface area contributed by atoms with Gasteiger partial charge in [0.2, 0.25) is 0 Å². The first kappa shape index (κ1) is 27.1. The molecule has 1 N–H and O–H groups in total. The Balaban J connectivity index is 0.000000340. The molecule has 4 nitrogen and oxygen atoms in total. The van der Waals surface area contributed by atoms with Crippen molar-refractivity contribution in [2.75, 3.05) is 0 Å². The van der Waals surface area contributed by atoms with Gasteiger partial charge < -0.3 is 14.5 Å². The van der Waals surface area contributed by atoms with E-state index < -0.39 is 0 Å². The molecular weight excluding hydrogens is 705 g/mol. The monoisotopic (exact) mass is 730 g/mol. The second-order valence-corrected chi connectivity index (χ2v) is 11.3. The zero-order valence-corrected chi connectivity index (χ0v) is 25.9. The van der Waals surface area contributed by atoms with Crippen molar-refractivity contribution in [3.8, 4) is 11.3 Å². The number of hydrogen-bond acceptors (Lipinski definition) is 4. The summed E-state index contributed by atoms with van der Waals surface area (Å²) in [6.45, 7) is 4.95. The van der Waals surface area contributed by atoms with Crippen molar-refractivity contribution in [1.29, 1.82) is 0 Å². The SMILES string of the molecule is CC(=O)/C=C(/C)O.Cc1ccnc(-c2[c-]cc3c(c2)c2cc4sc5ccccc5c4c4c5ccccc5n3c24)c1.[Ir]. The molecule has 4 aromatic carbocycles. The molecule has 6 heteroatoms. The van der Waals surface area contributed by atoms with Crippen molar-refractivity contribution in [3.63, 3.8) is 0 Å². The predicted molar refractivity (Wildman–Crippen MR) is 168 cm³/mol. The summed E-state index contributed by atoms with van der Waals surface area (Å²) in [7, 11) is 0. The van der Waals surface area contributed by atoms with Crippen LogP contribution < -0.4 is 0 Å². The third kappa shape index (κ3) is 4.40. The van der Waals surface area contributed by atoms with Gasteiger partial charge in [-0.25, -0.2) is 0 Å². The van der Waals surface area contributed by atoms with E-state index >= 15 is 0 Å². The predicted octanol–water partition coefficient (Wildman–Crippen LogP) is 9.41. The van der Waals surface area contributed by atoms with Crippen LogP contribution in [0.1, 0.15) is 19.4 Å². The Morgan fingerprint density at radius 3 is 2.37 bits per heavy atom. The van der Waals surface area contributed by atoms with Crippen LogP contribution in [0.25, 0.3) is 69.5 Å². The molecule has 0 bridgehead atoms. The molecular formula is C35H25IrN2O2S-. The number of carbonyl (C=O) groups excluding carboxylic acids is 1. The maximum absolute atomic E-state index is 10.0. The van der Waals surface area contributed by atoms with E-state index in [1.807, 2.05) is 23.6 Å². The van der Waals surface area contributed by atoms with Gasteiger partial charge in [-0.05, 0) is 61.6 Å². The molecule has 0 atom stereocenters. The normalized spacial score (nSPS) is 11.9. The van der Waals surface area contributed by atoms with Crippen LogP contribution in [-0.2, 0) is 24.9 Å². The molecule has 203 valence electrons. The van der Waals surface area contributed by atoms with E-state index in [0.717, 1.165) is 11.3 Å². The number of aliphatic hydroxyl groups is 1. The van der Waals surface area contributed by atoms with Crippen molar-refractivity contribution in [2.24, 2.45) is 0 Å². The van der Waals surface area contributed by atoms with Crippen molar-refractivity contribution in [3.05, 3.63) is 109 Å². The minimum atomic E-state index is -0.125. The molecule has 4 heterocycles. The molecule has 0 unspecified atom stereocenters. The number of para-hydroxylation sites is 1. The number of aliphatic hydroxyl groups excluding tert-OH is 1. The van der Waals surface area contributed by atoms with Crippen LogP contribution in [0.2, 0.25) is 0 Å². The summed E-state index contributed by atoms with van der Waals surface area (Å²) in [5, 5.41) is 16.3. The Hall–Kier alpha value is -4.09. The number of aromatic nitrogens is 2. The largest absolute Gasteiger partial charge is 0.512 e. The third-order valence-electron chi connectivity index (χ3n) is 7.34. The molecule has 0 aliphatic carbocycles. The Labute approximate surface area is 254 Å². The Morgan fingerprint density at radius 2 is 1.63 bits per heavy atom. The number of nitrogens with zero attached hydrogens (tertiary/aromatic N) is 2. The van der Waals surface area contributed by atoms with E-state index in [1.54, 1.807) is 0 Å². The fraction of sp³-hybridized carbons (Fsp3) is 0.0857. The average molecular weight is 730 g/mol. The second-order valence-electron chi connectivity index (χ2n) is 10.2. The van der Waals surface area contributed by atoms with E-state index in [1.165, 1.54) is 83.8 Å². The fourth-order valence-electron chi connectivity index (χ4n) is 5.84. The number of thiophene rings is 1. The summed E-state index contributed by atoms with van der Waals surface area (Å²) in [5.41, 5.74) is 6.99. The first-order valence-corrected chi connectivity index (χ1v) is 14.0. The van der Waals surface area contributed by atoms with Gasteiger partial charge in [-0.2, -0.15) is 0 Å². The Kier molecular flexibility index (Phi) is 6.86. The second kappa shape index (κ2) is 10.4. The Bertz CT molecular complexity index is 2290. The minimum absolute atomic E-state index is 0. The molecule has 8 aromatic rings. The molecule has 8 rings (SSSR count). The van der Waals surface area contributed by atoms with E-state index in [0.29, 0.717) is 0 Å². The number of carbonyl (C=O) groups is 1. The number of ketones is 1. The van der Waals surface area contributed by atoms with Crippen molar-refractivity contribution >= 4 is 75.4 Å². The van der Waals surface area contributed by atoms with Gasteiger partial charge in [0, 0.05) is 68.8 Å². The van der Waals surface area contributed by atoms with E-state index in [9.17, 15) is 4.79 Å². The number of aryl methyl sites for hydroxylation is 1. The molecule has 0 amide bonds. The van der Waals surface area contributed by atoms with E-state index in [2.05, 4.69) is 95.2 Å². The van der Waals surface area contributed by atoms with Crippen LogP contribution in [-0.4, -0.2) is 20.3 Å². The van der Waals surface area contributed by atoms with Crippen LogP contribution in [0.4, 0.5) is 0 Å². The standard InChI is InChI=1S/C30H17N2S.C5H8O2.Ir/c1-17-12-13-31-23(14-17)18-10-11-25-21(15-18)22-16-27-28(20-7-3-5-9-26(20)33-27)29-19-6-2-4-8-24(19)32(25)30(22)29;1-4(6)3-5(2)7;/h2-9,11-16H,1H3;3,6H,1-2H3;/q-1;;/b;4-3-;. The molecule has 0 fully saturated rings. The zero-order valence-electron chi connectivity index (χ0n) is 22.7. The van der Waals surface area contributed by atoms with Gasteiger partial charge in [0.1, 0.15) is 0 Å². The smallest absolute Gasteiger partial charge is 0.155 e. The molecule has 1 radical (unpaired) electrons. The van der Waals surface area contributed by atoms with Crippen LogP contribution in [0.5, 0.6) is 0 Å². The molecule has 0 saturated heterocycles. The molecule has 0 saturated carbocycles. The number of allylic oxidation sites excluding steroid dienone is 2. The van der Waals surface area contributed by atoms with Crippen LogP contribution >= 0.6 is 11.3 Å². The minimum Gasteiger partial charge on any atom is -0.512 e. The molecule has 0 spiro atoms. The van der Waals surface area contributed by atoms with Crippen molar-refractivity contribution < 1.29 is 30.0 Å². The van der Waals surface area contributed by atoms with Gasteiger partial charge in [-0.15, -0.1) is 35.1 Å². The van der Waals surface area contributed by atoms with Crippen molar-refractivity contribution in [1.82, 2.24) is 9.38 Å². The van der Waals surface area contributed by atoms with Gasteiger partial charge in [0.25, 0.3) is 0 Å². The van der Waals surface area contributed by atoms with Gasteiger partial charge in [0.05, 0.1) is 11.3 Å². The maximum atomic E-state index is 10.0. The average Bonchev–Trinajstić information content (AvgIpc) is 3.58. The number of benzene rings is 4. The number of pyridine rings is 1. The molecule has 0 aliphatic rings. The Morgan fingerprint density at radius 1 is 0.878 bits per heavy atom. The molecule has 41 heavy (non-hydrogen) atoms. The summed E-state index contributed by atoms with van der Waals surface area (Å²) in [5.74, 6) is -0.0625. The summed E-state index contributed by atoms with van der Waals surface area (Å²) >= 11 is 1.89. The van der Waals surface area contributed by atoms with Crippen LogP contribution in [0, 0.1) is 13.0 Å². The van der Waals surface area contributed by atoms with Crippen LogP contribution in [0.3, 0.4) is 0 Å². The quantitative estimate of drug-likeness (QED) is 0.110. The van der Waals surface area contributed by atoms with Gasteiger partial charge in [0.15, 0.2) is 5.78 Å². The molecule has 0 aliphatic heterocycles. The van der Waals surface area contributed by atoms with Crippen molar-refractivity contribution in [2.45, 2.75) is 20.8 Å². The fourth-order valence-corrected chi connectivity index (χ4v) is 6.99. The summed E-state index contributed by atoms with van der Waals surface area (Å²) < 4.78 is 5.12. The summed E-state index contributed by atoms with van der Waals surface area (Å²) in [4.78, 5) is 14.6. The zero-order chi connectivity index (χ0) is 27.5. The van der Waals surface area contributed by atoms with Gasteiger partial charge in [-0.3, -0.25) is 4.79 Å². The van der Waals surface area contributed by atoms with Gasteiger partial charge >= 0.3 is 0 Å². The molecule has 4 aromatic heterocycles.